The average molecular weight is 237 g/mol. The van der Waals surface area contributed by atoms with Crippen molar-refractivity contribution in [1.82, 2.24) is 0 Å². The second-order valence-corrected chi connectivity index (χ2v) is 3.76. The van der Waals surface area contributed by atoms with E-state index in [1.165, 1.54) is 0 Å². The van der Waals surface area contributed by atoms with Crippen molar-refractivity contribution in [3.8, 4) is 11.8 Å². The number of carbonyl (C=O) groups is 1. The van der Waals surface area contributed by atoms with Crippen molar-refractivity contribution >= 4 is 6.29 Å². The highest BCUT2D eigenvalue weighted by Crippen LogP contribution is 2.17. The number of nitriles is 1. The molecule has 0 bridgehead atoms. The molecule has 18 heavy (non-hydrogen) atoms. The number of carbonyl (C=O) groups excluding carboxylic acids is 1. The maximum atomic E-state index is 10.8. The fourth-order valence-corrected chi connectivity index (χ4v) is 1.60. The van der Waals surface area contributed by atoms with Gasteiger partial charge in [-0.25, -0.2) is 0 Å². The summed E-state index contributed by atoms with van der Waals surface area (Å²) in [6.45, 7) is 0.334. The molecule has 88 valence electrons. The van der Waals surface area contributed by atoms with Crippen molar-refractivity contribution in [1.29, 1.82) is 5.26 Å². The Labute approximate surface area is 105 Å². The van der Waals surface area contributed by atoms with Crippen molar-refractivity contribution in [3.05, 3.63) is 65.2 Å². The summed E-state index contributed by atoms with van der Waals surface area (Å²) in [4.78, 5) is 10.8. The van der Waals surface area contributed by atoms with Crippen LogP contribution in [-0.2, 0) is 6.61 Å². The molecule has 0 aliphatic carbocycles. The fourth-order valence-electron chi connectivity index (χ4n) is 1.60. The summed E-state index contributed by atoms with van der Waals surface area (Å²) in [5.74, 6) is 0.551. The molecule has 3 nitrogen and oxygen atoms in total. The zero-order valence-corrected chi connectivity index (χ0v) is 9.67. The third-order valence-corrected chi connectivity index (χ3v) is 2.50. The van der Waals surface area contributed by atoms with Crippen LogP contribution in [0.3, 0.4) is 0 Å². The highest BCUT2D eigenvalue weighted by molar-refractivity contribution is 5.79. The largest absolute Gasteiger partial charge is 0.488 e. The summed E-state index contributed by atoms with van der Waals surface area (Å²) < 4.78 is 5.57. The van der Waals surface area contributed by atoms with Crippen molar-refractivity contribution in [2.24, 2.45) is 0 Å². The first-order chi connectivity index (χ1) is 8.83. The number of rotatable bonds is 4. The Bertz CT molecular complexity index is 599. The lowest BCUT2D eigenvalue weighted by molar-refractivity contribution is 0.111. The number of benzene rings is 2. The standard InChI is InChI=1S/C15H11NO2/c16-9-12-4-3-5-13(8-12)11-18-15-7-2-1-6-14(15)10-17/h1-8,10H,11H2. The Kier molecular flexibility index (Phi) is 3.72. The predicted molar refractivity (Wildman–Crippen MR) is 67.3 cm³/mol. The van der Waals surface area contributed by atoms with E-state index < -0.39 is 0 Å². The molecule has 3 heteroatoms. The van der Waals surface area contributed by atoms with Crippen LogP contribution in [-0.4, -0.2) is 6.29 Å². The van der Waals surface area contributed by atoms with E-state index in [0.29, 0.717) is 23.5 Å². The molecule has 0 heterocycles. The Hall–Kier alpha value is -2.60. The quantitative estimate of drug-likeness (QED) is 0.768. The van der Waals surface area contributed by atoms with E-state index in [4.69, 9.17) is 10.00 Å². The van der Waals surface area contributed by atoms with E-state index >= 15 is 0 Å². The van der Waals surface area contributed by atoms with Gasteiger partial charge >= 0.3 is 0 Å². The van der Waals surface area contributed by atoms with E-state index in [0.717, 1.165) is 11.8 Å². The molecule has 0 N–H and O–H groups in total. The molecule has 0 aliphatic heterocycles. The van der Waals surface area contributed by atoms with Crippen LogP contribution in [0.4, 0.5) is 0 Å². The van der Waals surface area contributed by atoms with Gasteiger partial charge < -0.3 is 4.74 Å². The van der Waals surface area contributed by atoms with E-state index in [-0.39, 0.29) is 0 Å². The van der Waals surface area contributed by atoms with Crippen LogP contribution in [0.2, 0.25) is 0 Å². The lowest BCUT2D eigenvalue weighted by Crippen LogP contribution is -1.98. The SMILES string of the molecule is N#Cc1cccc(COc2ccccc2C=O)c1. The van der Waals surface area contributed by atoms with E-state index in [2.05, 4.69) is 6.07 Å². The van der Waals surface area contributed by atoms with Gasteiger partial charge in [-0.05, 0) is 29.8 Å². The van der Waals surface area contributed by atoms with E-state index in [1.54, 1.807) is 30.3 Å². The molecule has 0 atom stereocenters. The molecule has 0 saturated carbocycles. The van der Waals surface area contributed by atoms with Gasteiger partial charge in [-0.3, -0.25) is 4.79 Å². The number of hydrogen-bond acceptors (Lipinski definition) is 3. The Morgan fingerprint density at radius 2 is 2.00 bits per heavy atom. The zero-order chi connectivity index (χ0) is 12.8. The monoisotopic (exact) mass is 237 g/mol. The Balaban J connectivity index is 2.11. The fraction of sp³-hybridized carbons (Fsp3) is 0.0667. The topological polar surface area (TPSA) is 50.1 Å². The number of para-hydroxylation sites is 1. The summed E-state index contributed by atoms with van der Waals surface area (Å²) >= 11 is 0. The van der Waals surface area contributed by atoms with Gasteiger partial charge in [-0.2, -0.15) is 5.26 Å². The van der Waals surface area contributed by atoms with Crippen molar-refractivity contribution < 1.29 is 9.53 Å². The molecule has 0 fully saturated rings. The zero-order valence-electron chi connectivity index (χ0n) is 9.67. The van der Waals surface area contributed by atoms with Gasteiger partial charge in [-0.15, -0.1) is 0 Å². The van der Waals surface area contributed by atoms with Crippen molar-refractivity contribution in [3.63, 3.8) is 0 Å². The maximum absolute atomic E-state index is 10.8. The minimum atomic E-state index is 0.334. The van der Waals surface area contributed by atoms with E-state index in [1.807, 2.05) is 18.2 Å². The molecule has 2 aromatic carbocycles. The highest BCUT2D eigenvalue weighted by Gasteiger charge is 2.02. The van der Waals surface area contributed by atoms with Gasteiger partial charge in [0, 0.05) is 0 Å². The molecule has 0 amide bonds. The number of hydrogen-bond donors (Lipinski definition) is 0. The van der Waals surface area contributed by atoms with Gasteiger partial charge in [0.05, 0.1) is 17.2 Å². The third-order valence-electron chi connectivity index (χ3n) is 2.50. The molecular weight excluding hydrogens is 226 g/mol. The minimum Gasteiger partial charge on any atom is -0.488 e. The second kappa shape index (κ2) is 5.65. The normalized spacial score (nSPS) is 9.50. The number of nitrogens with zero attached hydrogens (tertiary/aromatic N) is 1. The van der Waals surface area contributed by atoms with Gasteiger partial charge in [0.1, 0.15) is 12.4 Å². The molecule has 0 aromatic heterocycles. The Morgan fingerprint density at radius 1 is 1.17 bits per heavy atom. The summed E-state index contributed by atoms with van der Waals surface area (Å²) in [6.07, 6.45) is 0.765. The summed E-state index contributed by atoms with van der Waals surface area (Å²) in [7, 11) is 0. The van der Waals surface area contributed by atoms with Gasteiger partial charge in [0.25, 0.3) is 0 Å². The first kappa shape index (κ1) is 11.9. The molecule has 2 aromatic rings. The molecule has 0 radical (unpaired) electrons. The molecular formula is C15H11NO2. The first-order valence-electron chi connectivity index (χ1n) is 5.49. The van der Waals surface area contributed by atoms with E-state index in [9.17, 15) is 4.79 Å². The molecule has 0 unspecified atom stereocenters. The summed E-state index contributed by atoms with van der Waals surface area (Å²) in [5, 5.41) is 8.79. The molecule has 0 aliphatic rings. The van der Waals surface area contributed by atoms with Gasteiger partial charge in [0.2, 0.25) is 0 Å². The molecule has 0 saturated heterocycles. The summed E-state index contributed by atoms with van der Waals surface area (Å²) in [5.41, 5.74) is 2.02. The third kappa shape index (κ3) is 2.74. The van der Waals surface area contributed by atoms with Crippen LogP contribution in [0, 0.1) is 11.3 Å². The molecule has 2 rings (SSSR count). The van der Waals surface area contributed by atoms with Crippen LogP contribution in [0.15, 0.2) is 48.5 Å². The minimum absolute atomic E-state index is 0.334. The van der Waals surface area contributed by atoms with Crippen LogP contribution >= 0.6 is 0 Å². The van der Waals surface area contributed by atoms with Crippen LogP contribution in [0.25, 0.3) is 0 Å². The molecule has 0 spiro atoms. The summed E-state index contributed by atoms with van der Waals surface area (Å²) in [6, 6.07) is 16.3. The lowest BCUT2D eigenvalue weighted by Gasteiger charge is -2.08. The maximum Gasteiger partial charge on any atom is 0.153 e. The smallest absolute Gasteiger partial charge is 0.153 e. The van der Waals surface area contributed by atoms with Crippen LogP contribution in [0.1, 0.15) is 21.5 Å². The second-order valence-electron chi connectivity index (χ2n) is 3.76. The van der Waals surface area contributed by atoms with Crippen LogP contribution < -0.4 is 4.74 Å². The van der Waals surface area contributed by atoms with Gasteiger partial charge in [0.15, 0.2) is 6.29 Å². The number of aldehydes is 1. The highest BCUT2D eigenvalue weighted by atomic mass is 16.5. The Morgan fingerprint density at radius 3 is 2.78 bits per heavy atom. The van der Waals surface area contributed by atoms with Crippen LogP contribution in [0.5, 0.6) is 5.75 Å². The predicted octanol–water partition coefficient (Wildman–Crippen LogP) is 2.95. The van der Waals surface area contributed by atoms with Gasteiger partial charge in [-0.1, -0.05) is 24.3 Å². The first-order valence-corrected chi connectivity index (χ1v) is 5.49. The lowest BCUT2D eigenvalue weighted by atomic mass is 10.1. The van der Waals surface area contributed by atoms with Crippen molar-refractivity contribution in [2.75, 3.05) is 0 Å². The number of ether oxygens (including phenoxy) is 1. The van der Waals surface area contributed by atoms with Crippen molar-refractivity contribution in [2.45, 2.75) is 6.61 Å². The average Bonchev–Trinajstić information content (AvgIpc) is 2.45.